The van der Waals surface area contributed by atoms with Crippen molar-refractivity contribution in [1.82, 2.24) is 4.90 Å². The lowest BCUT2D eigenvalue weighted by molar-refractivity contribution is -0.127. The van der Waals surface area contributed by atoms with Crippen molar-refractivity contribution in [3.8, 4) is 0 Å². The van der Waals surface area contributed by atoms with Gasteiger partial charge in [0, 0.05) is 42.5 Å². The molecule has 0 aromatic carbocycles. The molecule has 1 aliphatic heterocycles. The maximum Gasteiger partial charge on any atom is 0.137 e. The van der Waals surface area contributed by atoms with Gasteiger partial charge in [-0.3, -0.25) is 9.69 Å². The molecule has 0 amide bonds. The van der Waals surface area contributed by atoms with Crippen LogP contribution in [0.4, 0.5) is 0 Å². The Morgan fingerprint density at radius 1 is 1.30 bits per heavy atom. The highest BCUT2D eigenvalue weighted by atomic mass is 32.2. The number of carbonyl (C=O) groups is 1. The molecule has 4 atom stereocenters. The number of Topliss-reactive ketones (excluding diaryl/α,β-unsaturated/α-hetero) is 1. The molecular formula is C17H31NOS. The van der Waals surface area contributed by atoms with Crippen molar-refractivity contribution in [3.05, 3.63) is 0 Å². The van der Waals surface area contributed by atoms with Gasteiger partial charge in [-0.05, 0) is 31.1 Å². The van der Waals surface area contributed by atoms with E-state index in [1.54, 1.807) is 0 Å². The molecule has 1 heterocycles. The van der Waals surface area contributed by atoms with E-state index in [9.17, 15) is 4.79 Å². The van der Waals surface area contributed by atoms with Gasteiger partial charge in [-0.15, -0.1) is 0 Å². The van der Waals surface area contributed by atoms with E-state index in [0.717, 1.165) is 32.4 Å². The highest BCUT2D eigenvalue weighted by molar-refractivity contribution is 8.00. The molecule has 0 aromatic heterocycles. The summed E-state index contributed by atoms with van der Waals surface area (Å²) < 4.78 is 0. The molecule has 0 bridgehead atoms. The van der Waals surface area contributed by atoms with Crippen molar-refractivity contribution < 1.29 is 4.79 Å². The van der Waals surface area contributed by atoms with E-state index < -0.39 is 0 Å². The fraction of sp³-hybridized carbons (Fsp3) is 0.941. The quantitative estimate of drug-likeness (QED) is 0.772. The van der Waals surface area contributed by atoms with Gasteiger partial charge < -0.3 is 0 Å². The van der Waals surface area contributed by atoms with Gasteiger partial charge in [0.05, 0.1) is 0 Å². The molecule has 3 heteroatoms. The van der Waals surface area contributed by atoms with Crippen molar-refractivity contribution in [2.45, 2.75) is 65.2 Å². The summed E-state index contributed by atoms with van der Waals surface area (Å²) in [5.41, 5.74) is 0.343. The normalized spacial score (nSPS) is 37.1. The summed E-state index contributed by atoms with van der Waals surface area (Å²) in [6, 6.07) is 0.608. The van der Waals surface area contributed by atoms with Crippen LogP contribution in [0, 0.1) is 17.3 Å². The topological polar surface area (TPSA) is 20.3 Å². The molecule has 2 fully saturated rings. The molecule has 0 spiro atoms. The number of rotatable bonds is 2. The van der Waals surface area contributed by atoms with E-state index in [2.05, 4.69) is 51.3 Å². The second-order valence-electron chi connectivity index (χ2n) is 7.81. The van der Waals surface area contributed by atoms with Crippen molar-refractivity contribution in [3.63, 3.8) is 0 Å². The lowest BCUT2D eigenvalue weighted by Crippen LogP contribution is -2.48. The zero-order chi connectivity index (χ0) is 14.9. The predicted octanol–water partition coefficient (Wildman–Crippen LogP) is 3.84. The second kappa shape index (κ2) is 6.39. The van der Waals surface area contributed by atoms with Gasteiger partial charge >= 0.3 is 0 Å². The zero-order valence-corrected chi connectivity index (χ0v) is 14.6. The number of ketones is 1. The zero-order valence-electron chi connectivity index (χ0n) is 13.8. The molecular weight excluding hydrogens is 266 g/mol. The molecule has 2 aliphatic rings. The first kappa shape index (κ1) is 16.4. The monoisotopic (exact) mass is 297 g/mol. The number of carbonyl (C=O) groups excluding carboxylic acids is 1. The molecule has 2 nitrogen and oxygen atoms in total. The third-order valence-corrected chi connectivity index (χ3v) is 6.80. The van der Waals surface area contributed by atoms with Gasteiger partial charge in [-0.2, -0.15) is 11.8 Å². The minimum atomic E-state index is 0.283. The van der Waals surface area contributed by atoms with E-state index in [-0.39, 0.29) is 5.92 Å². The molecule has 0 radical (unpaired) electrons. The Balaban J connectivity index is 1.98. The van der Waals surface area contributed by atoms with Crippen LogP contribution >= 0.6 is 11.8 Å². The third-order valence-electron chi connectivity index (χ3n) is 5.46. The Kier molecular flexibility index (Phi) is 5.23. The lowest BCUT2D eigenvalue weighted by atomic mass is 9.68. The minimum Gasteiger partial charge on any atom is -0.299 e. The van der Waals surface area contributed by atoms with E-state index in [1.807, 2.05) is 0 Å². The van der Waals surface area contributed by atoms with Crippen LogP contribution in [-0.4, -0.2) is 40.8 Å². The summed E-state index contributed by atoms with van der Waals surface area (Å²) in [6.07, 6.45) is 3.01. The largest absolute Gasteiger partial charge is 0.299 e. The number of thioether (sulfide) groups is 1. The van der Waals surface area contributed by atoms with Crippen LogP contribution in [0.25, 0.3) is 0 Å². The van der Waals surface area contributed by atoms with E-state index in [4.69, 9.17) is 0 Å². The van der Waals surface area contributed by atoms with E-state index >= 15 is 0 Å². The molecule has 1 aliphatic carbocycles. The lowest BCUT2D eigenvalue weighted by Gasteiger charge is -2.42. The van der Waals surface area contributed by atoms with Gasteiger partial charge in [0.1, 0.15) is 5.78 Å². The summed E-state index contributed by atoms with van der Waals surface area (Å²) in [7, 11) is 0. The molecule has 4 unspecified atom stereocenters. The van der Waals surface area contributed by atoms with Crippen LogP contribution in [0.1, 0.15) is 53.9 Å². The molecule has 1 saturated carbocycles. The Morgan fingerprint density at radius 2 is 2.00 bits per heavy atom. The second-order valence-corrected chi connectivity index (χ2v) is 9.30. The Hall–Kier alpha value is -0.0200. The fourth-order valence-corrected chi connectivity index (χ4v) is 4.77. The maximum absolute atomic E-state index is 12.3. The number of hydrogen-bond donors (Lipinski definition) is 0. The van der Waals surface area contributed by atoms with E-state index in [1.165, 1.54) is 5.75 Å². The first-order valence-electron chi connectivity index (χ1n) is 8.17. The Labute approximate surface area is 129 Å². The summed E-state index contributed by atoms with van der Waals surface area (Å²) in [5.74, 6) is 2.72. The Bertz CT molecular complexity index is 349. The molecule has 20 heavy (non-hydrogen) atoms. The summed E-state index contributed by atoms with van der Waals surface area (Å²) in [4.78, 5) is 14.9. The number of hydrogen-bond acceptors (Lipinski definition) is 3. The van der Waals surface area contributed by atoms with Gasteiger partial charge in [0.25, 0.3) is 0 Å². The van der Waals surface area contributed by atoms with Crippen LogP contribution in [0.3, 0.4) is 0 Å². The van der Waals surface area contributed by atoms with E-state index in [0.29, 0.717) is 28.4 Å². The van der Waals surface area contributed by atoms with Crippen molar-refractivity contribution in [2.75, 3.05) is 18.8 Å². The van der Waals surface area contributed by atoms with Gasteiger partial charge in [-0.25, -0.2) is 0 Å². The van der Waals surface area contributed by atoms with Crippen molar-refractivity contribution in [2.24, 2.45) is 17.3 Å². The summed E-state index contributed by atoms with van der Waals surface area (Å²) in [6.45, 7) is 13.8. The van der Waals surface area contributed by atoms with Crippen LogP contribution in [0.5, 0.6) is 0 Å². The molecule has 0 aromatic rings. The van der Waals surface area contributed by atoms with Crippen LogP contribution in [0.2, 0.25) is 0 Å². The van der Waals surface area contributed by atoms with Crippen LogP contribution in [0.15, 0.2) is 0 Å². The van der Waals surface area contributed by atoms with Crippen molar-refractivity contribution >= 4 is 17.5 Å². The highest BCUT2D eigenvalue weighted by Gasteiger charge is 2.37. The predicted molar refractivity (Wildman–Crippen MR) is 88.2 cm³/mol. The third kappa shape index (κ3) is 3.79. The van der Waals surface area contributed by atoms with Gasteiger partial charge in [-0.1, -0.05) is 27.7 Å². The SMILES string of the molecule is CC1SCCN(CC2CC(C(C)(C)C)CCC2=O)C1C. The average Bonchev–Trinajstić information content (AvgIpc) is 2.36. The van der Waals surface area contributed by atoms with Gasteiger partial charge in [0.2, 0.25) is 0 Å². The maximum atomic E-state index is 12.3. The molecule has 0 N–H and O–H groups in total. The van der Waals surface area contributed by atoms with Gasteiger partial charge in [0.15, 0.2) is 0 Å². The molecule has 2 rings (SSSR count). The molecule has 116 valence electrons. The average molecular weight is 298 g/mol. The fourth-order valence-electron chi connectivity index (χ4n) is 3.61. The number of nitrogens with zero attached hydrogens (tertiary/aromatic N) is 1. The summed E-state index contributed by atoms with van der Waals surface area (Å²) in [5, 5.41) is 0.695. The minimum absolute atomic E-state index is 0.283. The first-order valence-corrected chi connectivity index (χ1v) is 9.22. The molecule has 1 saturated heterocycles. The first-order chi connectivity index (χ1) is 9.29. The highest BCUT2D eigenvalue weighted by Crippen LogP contribution is 2.39. The van der Waals surface area contributed by atoms with Crippen LogP contribution in [-0.2, 0) is 4.79 Å². The smallest absolute Gasteiger partial charge is 0.137 e. The van der Waals surface area contributed by atoms with Crippen LogP contribution < -0.4 is 0 Å². The standard InChI is InChI=1S/C17H31NOS/c1-12-13(2)20-9-8-18(12)11-14-10-15(17(3,4)5)6-7-16(14)19/h12-15H,6-11H2,1-5H3. The summed E-state index contributed by atoms with van der Waals surface area (Å²) >= 11 is 2.07. The Morgan fingerprint density at radius 3 is 2.65 bits per heavy atom. The van der Waals surface area contributed by atoms with Crippen molar-refractivity contribution in [1.29, 1.82) is 0 Å².